The number of rotatable bonds is 5. The summed E-state index contributed by atoms with van der Waals surface area (Å²) < 4.78 is 17.2. The lowest BCUT2D eigenvalue weighted by Gasteiger charge is -2.06. The van der Waals surface area contributed by atoms with Gasteiger partial charge in [-0.2, -0.15) is 0 Å². The van der Waals surface area contributed by atoms with Gasteiger partial charge in [0.25, 0.3) is 5.89 Å². The third-order valence-electron chi connectivity index (χ3n) is 5.13. The Morgan fingerprint density at radius 3 is 2.59 bits per heavy atom. The number of nitrogens with zero attached hydrogens (tertiary/aromatic N) is 2. The maximum Gasteiger partial charge on any atom is 0.254 e. The van der Waals surface area contributed by atoms with Crippen LogP contribution in [0.4, 0.5) is 0 Å². The summed E-state index contributed by atoms with van der Waals surface area (Å²) in [6.07, 6.45) is 1.41. The molecule has 0 saturated carbocycles. The van der Waals surface area contributed by atoms with E-state index in [1.807, 2.05) is 31.2 Å². The van der Waals surface area contributed by atoms with Crippen LogP contribution in [0.3, 0.4) is 0 Å². The predicted molar refractivity (Wildman–Crippen MR) is 118 cm³/mol. The first-order valence-electron chi connectivity index (χ1n) is 9.94. The molecule has 32 heavy (non-hydrogen) atoms. The summed E-state index contributed by atoms with van der Waals surface area (Å²) in [5, 5.41) is 18.0. The van der Waals surface area contributed by atoms with Gasteiger partial charge in [0.2, 0.25) is 5.89 Å². The zero-order chi connectivity index (χ0) is 22.1. The summed E-state index contributed by atoms with van der Waals surface area (Å²) in [5.41, 5.74) is 3.24. The van der Waals surface area contributed by atoms with Gasteiger partial charge in [-0.3, -0.25) is 4.79 Å². The van der Waals surface area contributed by atoms with Crippen LogP contribution in [0.5, 0.6) is 11.5 Å². The van der Waals surface area contributed by atoms with E-state index < -0.39 is 0 Å². The molecule has 7 nitrogen and oxygen atoms in total. The van der Waals surface area contributed by atoms with Crippen LogP contribution >= 0.6 is 0 Å². The highest BCUT2D eigenvalue weighted by molar-refractivity contribution is 5.82. The van der Waals surface area contributed by atoms with Crippen LogP contribution in [-0.2, 0) is 6.61 Å². The van der Waals surface area contributed by atoms with Crippen molar-refractivity contribution in [3.63, 3.8) is 0 Å². The minimum atomic E-state index is -0.164. The quantitative estimate of drug-likeness (QED) is 0.417. The molecular weight excluding hydrogens is 408 g/mol. The molecule has 2 aromatic heterocycles. The number of phenols is 1. The van der Waals surface area contributed by atoms with Gasteiger partial charge in [-0.1, -0.05) is 30.3 Å². The lowest BCUT2D eigenvalue weighted by molar-refractivity contribution is 0.264. The van der Waals surface area contributed by atoms with Crippen molar-refractivity contribution in [2.75, 3.05) is 0 Å². The molecule has 3 aromatic carbocycles. The number of aromatic nitrogens is 2. The molecule has 1 N–H and O–H groups in total. The van der Waals surface area contributed by atoms with E-state index in [9.17, 15) is 9.90 Å². The SMILES string of the molecule is Cc1ccccc1-c1nnc(COc2ccc3c(=O)c(-c4ccc(O)cc4)coc3c2)o1. The summed E-state index contributed by atoms with van der Waals surface area (Å²) in [5.74, 6) is 1.42. The Bertz CT molecular complexity index is 1470. The van der Waals surface area contributed by atoms with E-state index in [4.69, 9.17) is 13.6 Å². The molecule has 0 aliphatic carbocycles. The molecule has 0 unspecified atom stereocenters. The molecule has 2 heterocycles. The van der Waals surface area contributed by atoms with E-state index in [-0.39, 0.29) is 17.8 Å². The van der Waals surface area contributed by atoms with E-state index in [2.05, 4.69) is 10.2 Å². The molecule has 0 amide bonds. The topological polar surface area (TPSA) is 98.6 Å². The van der Waals surface area contributed by atoms with Gasteiger partial charge in [0, 0.05) is 11.6 Å². The van der Waals surface area contributed by atoms with Crippen molar-refractivity contribution in [1.29, 1.82) is 0 Å². The third-order valence-corrected chi connectivity index (χ3v) is 5.13. The fraction of sp³-hybridized carbons (Fsp3) is 0.0800. The molecule has 0 atom stereocenters. The van der Waals surface area contributed by atoms with Crippen molar-refractivity contribution >= 4 is 11.0 Å². The molecule has 5 aromatic rings. The number of phenolic OH excluding ortho intramolecular Hbond substituents is 1. The average molecular weight is 426 g/mol. The Kier molecular flexibility index (Phi) is 4.91. The summed E-state index contributed by atoms with van der Waals surface area (Å²) in [6, 6.07) is 19.2. The van der Waals surface area contributed by atoms with Gasteiger partial charge < -0.3 is 18.7 Å². The Balaban J connectivity index is 1.36. The predicted octanol–water partition coefficient (Wildman–Crippen LogP) is 5.10. The fourth-order valence-corrected chi connectivity index (χ4v) is 3.42. The molecular formula is C25H18N2O5. The Morgan fingerprint density at radius 1 is 0.969 bits per heavy atom. The first kappa shape index (κ1) is 19.6. The maximum atomic E-state index is 12.9. The second-order valence-corrected chi connectivity index (χ2v) is 7.29. The molecule has 0 aliphatic heterocycles. The summed E-state index contributed by atoms with van der Waals surface area (Å²) >= 11 is 0. The normalized spacial score (nSPS) is 11.0. The number of hydrogen-bond donors (Lipinski definition) is 1. The fourth-order valence-electron chi connectivity index (χ4n) is 3.42. The number of benzene rings is 3. The minimum absolute atomic E-state index is 0.0835. The van der Waals surface area contributed by atoms with Gasteiger partial charge in [0.1, 0.15) is 23.3 Å². The molecule has 0 saturated heterocycles. The number of ether oxygens (including phenoxy) is 1. The zero-order valence-corrected chi connectivity index (χ0v) is 17.1. The van der Waals surface area contributed by atoms with Crippen LogP contribution in [0.2, 0.25) is 0 Å². The zero-order valence-electron chi connectivity index (χ0n) is 17.1. The number of aromatic hydroxyl groups is 1. The highest BCUT2D eigenvalue weighted by Crippen LogP contribution is 2.25. The highest BCUT2D eigenvalue weighted by Gasteiger charge is 2.13. The number of fused-ring (bicyclic) bond motifs is 1. The van der Waals surface area contributed by atoms with Gasteiger partial charge >= 0.3 is 0 Å². The summed E-state index contributed by atoms with van der Waals surface area (Å²) in [6.45, 7) is 2.06. The standard InChI is InChI=1S/C25H18N2O5/c1-15-4-2-3-5-19(15)25-27-26-23(32-25)14-30-18-10-11-20-22(12-18)31-13-21(24(20)29)16-6-8-17(28)9-7-16/h2-13,28H,14H2,1H3. The second kappa shape index (κ2) is 8.03. The average Bonchev–Trinajstić information content (AvgIpc) is 3.28. The van der Waals surface area contributed by atoms with Gasteiger partial charge in [-0.05, 0) is 48.4 Å². The van der Waals surface area contributed by atoms with Crippen molar-refractivity contribution in [2.24, 2.45) is 0 Å². The second-order valence-electron chi connectivity index (χ2n) is 7.29. The van der Waals surface area contributed by atoms with Gasteiger partial charge in [0.05, 0.1) is 10.9 Å². The first-order chi connectivity index (χ1) is 15.6. The van der Waals surface area contributed by atoms with Crippen LogP contribution in [0, 0.1) is 6.92 Å². The Hall–Kier alpha value is -4.39. The van der Waals surface area contributed by atoms with Crippen molar-refractivity contribution in [1.82, 2.24) is 10.2 Å². The van der Waals surface area contributed by atoms with Gasteiger partial charge in [-0.15, -0.1) is 10.2 Å². The highest BCUT2D eigenvalue weighted by atomic mass is 16.5. The smallest absolute Gasteiger partial charge is 0.254 e. The van der Waals surface area contributed by atoms with Crippen LogP contribution < -0.4 is 10.2 Å². The summed E-state index contributed by atoms with van der Waals surface area (Å²) in [4.78, 5) is 12.9. The Labute approximate surface area is 182 Å². The van der Waals surface area contributed by atoms with Crippen molar-refractivity contribution in [2.45, 2.75) is 13.5 Å². The van der Waals surface area contributed by atoms with Crippen molar-refractivity contribution < 1.29 is 18.7 Å². The molecule has 0 bridgehead atoms. The largest absolute Gasteiger partial charge is 0.508 e. The van der Waals surface area contributed by atoms with Crippen molar-refractivity contribution in [3.05, 3.63) is 94.7 Å². The summed E-state index contributed by atoms with van der Waals surface area (Å²) in [7, 11) is 0. The van der Waals surface area contributed by atoms with E-state index in [0.29, 0.717) is 39.6 Å². The van der Waals surface area contributed by atoms with E-state index in [0.717, 1.165) is 11.1 Å². The molecule has 0 fully saturated rings. The van der Waals surface area contributed by atoms with E-state index >= 15 is 0 Å². The molecule has 5 rings (SSSR count). The molecule has 7 heteroatoms. The molecule has 0 aliphatic rings. The third kappa shape index (κ3) is 3.72. The van der Waals surface area contributed by atoms with Crippen LogP contribution in [0.15, 0.2) is 86.6 Å². The maximum absolute atomic E-state index is 12.9. The number of hydrogen-bond acceptors (Lipinski definition) is 7. The lowest BCUT2D eigenvalue weighted by Crippen LogP contribution is -2.05. The first-order valence-corrected chi connectivity index (χ1v) is 9.94. The van der Waals surface area contributed by atoms with Crippen molar-refractivity contribution in [3.8, 4) is 34.1 Å². The minimum Gasteiger partial charge on any atom is -0.508 e. The molecule has 0 spiro atoms. The van der Waals surface area contributed by atoms with Gasteiger partial charge in [-0.25, -0.2) is 0 Å². The molecule has 0 radical (unpaired) electrons. The van der Waals surface area contributed by atoms with Crippen LogP contribution in [-0.4, -0.2) is 15.3 Å². The van der Waals surface area contributed by atoms with Gasteiger partial charge in [0.15, 0.2) is 12.0 Å². The van der Waals surface area contributed by atoms with Crippen LogP contribution in [0.25, 0.3) is 33.6 Å². The lowest BCUT2D eigenvalue weighted by atomic mass is 10.1. The Morgan fingerprint density at radius 2 is 1.78 bits per heavy atom. The number of aryl methyl sites for hydroxylation is 1. The van der Waals surface area contributed by atoms with E-state index in [1.54, 1.807) is 30.3 Å². The van der Waals surface area contributed by atoms with Crippen LogP contribution in [0.1, 0.15) is 11.5 Å². The van der Waals surface area contributed by atoms with E-state index in [1.165, 1.54) is 18.4 Å². The molecule has 158 valence electrons. The monoisotopic (exact) mass is 426 g/mol.